The van der Waals surface area contributed by atoms with Crippen LogP contribution in [0.2, 0.25) is 0 Å². The second-order valence-corrected chi connectivity index (χ2v) is 3.91. The van der Waals surface area contributed by atoms with Gasteiger partial charge in [-0.1, -0.05) is 0 Å². The SMILES string of the molecule is CCOC(=O)C(O)CNc1ccc([N+](=O)[O-])c(C)c1. The van der Waals surface area contributed by atoms with E-state index < -0.39 is 17.0 Å². The molecule has 0 radical (unpaired) electrons. The van der Waals surface area contributed by atoms with Gasteiger partial charge in [0.25, 0.3) is 5.69 Å². The first-order chi connectivity index (χ1) is 8.95. The van der Waals surface area contributed by atoms with Crippen molar-refractivity contribution in [2.45, 2.75) is 20.0 Å². The zero-order valence-electron chi connectivity index (χ0n) is 10.8. The van der Waals surface area contributed by atoms with E-state index in [1.54, 1.807) is 19.9 Å². The molecule has 0 amide bonds. The Hall–Kier alpha value is -2.15. The van der Waals surface area contributed by atoms with E-state index in [9.17, 15) is 20.0 Å². The van der Waals surface area contributed by atoms with Gasteiger partial charge in [-0.2, -0.15) is 0 Å². The van der Waals surface area contributed by atoms with E-state index >= 15 is 0 Å². The summed E-state index contributed by atoms with van der Waals surface area (Å²) in [5.41, 5.74) is 1.11. The summed E-state index contributed by atoms with van der Waals surface area (Å²) in [6.07, 6.45) is -1.27. The van der Waals surface area contributed by atoms with E-state index in [1.165, 1.54) is 12.1 Å². The fourth-order valence-electron chi connectivity index (χ4n) is 1.51. The van der Waals surface area contributed by atoms with Crippen molar-refractivity contribution < 1.29 is 19.6 Å². The van der Waals surface area contributed by atoms with Gasteiger partial charge in [-0.25, -0.2) is 4.79 Å². The summed E-state index contributed by atoms with van der Waals surface area (Å²) >= 11 is 0. The molecule has 0 saturated heterocycles. The lowest BCUT2D eigenvalue weighted by Crippen LogP contribution is -2.30. The summed E-state index contributed by atoms with van der Waals surface area (Å²) in [4.78, 5) is 21.4. The van der Waals surface area contributed by atoms with Crippen LogP contribution < -0.4 is 5.32 Å². The smallest absolute Gasteiger partial charge is 0.336 e. The first-order valence-corrected chi connectivity index (χ1v) is 5.79. The van der Waals surface area contributed by atoms with Crippen LogP contribution in [0, 0.1) is 17.0 Å². The van der Waals surface area contributed by atoms with Crippen LogP contribution in [0.3, 0.4) is 0 Å². The van der Waals surface area contributed by atoms with Crippen LogP contribution in [-0.4, -0.2) is 35.3 Å². The van der Waals surface area contributed by atoms with Crippen LogP contribution >= 0.6 is 0 Å². The van der Waals surface area contributed by atoms with E-state index in [1.807, 2.05) is 0 Å². The number of ether oxygens (including phenoxy) is 1. The summed E-state index contributed by atoms with van der Waals surface area (Å²) < 4.78 is 4.65. The molecule has 0 heterocycles. The van der Waals surface area contributed by atoms with Gasteiger partial charge in [0.15, 0.2) is 6.10 Å². The van der Waals surface area contributed by atoms with Crippen molar-refractivity contribution in [1.29, 1.82) is 0 Å². The summed E-state index contributed by atoms with van der Waals surface area (Å²) in [6, 6.07) is 4.47. The average Bonchev–Trinajstić information content (AvgIpc) is 2.35. The number of esters is 1. The maximum absolute atomic E-state index is 11.2. The van der Waals surface area contributed by atoms with E-state index in [4.69, 9.17) is 0 Å². The molecule has 1 aromatic rings. The van der Waals surface area contributed by atoms with Crippen molar-refractivity contribution in [2.75, 3.05) is 18.5 Å². The van der Waals surface area contributed by atoms with Crippen molar-refractivity contribution in [3.05, 3.63) is 33.9 Å². The minimum Gasteiger partial charge on any atom is -0.464 e. The van der Waals surface area contributed by atoms with Gasteiger partial charge >= 0.3 is 5.97 Å². The van der Waals surface area contributed by atoms with Crippen LogP contribution in [0.5, 0.6) is 0 Å². The molecule has 0 fully saturated rings. The molecule has 0 saturated carbocycles. The number of aryl methyl sites for hydroxylation is 1. The van der Waals surface area contributed by atoms with Crippen LogP contribution in [0.1, 0.15) is 12.5 Å². The first-order valence-electron chi connectivity index (χ1n) is 5.79. The Bertz CT molecular complexity index is 475. The van der Waals surface area contributed by atoms with Crippen LogP contribution in [0.15, 0.2) is 18.2 Å². The number of anilines is 1. The highest BCUT2D eigenvalue weighted by atomic mass is 16.6. The number of hydrogen-bond acceptors (Lipinski definition) is 6. The minimum absolute atomic E-state index is 0.0178. The number of aliphatic hydroxyl groups excluding tert-OH is 1. The number of rotatable bonds is 6. The van der Waals surface area contributed by atoms with Crippen molar-refractivity contribution in [3.63, 3.8) is 0 Å². The number of hydrogen-bond donors (Lipinski definition) is 2. The van der Waals surface area contributed by atoms with Crippen molar-refractivity contribution >= 4 is 17.3 Å². The van der Waals surface area contributed by atoms with Crippen LogP contribution in [0.4, 0.5) is 11.4 Å². The lowest BCUT2D eigenvalue weighted by atomic mass is 10.2. The zero-order valence-corrected chi connectivity index (χ0v) is 10.8. The highest BCUT2D eigenvalue weighted by Crippen LogP contribution is 2.21. The van der Waals surface area contributed by atoms with Gasteiger partial charge < -0.3 is 15.2 Å². The highest BCUT2D eigenvalue weighted by Gasteiger charge is 2.16. The summed E-state index contributed by atoms with van der Waals surface area (Å²) in [5.74, 6) is -0.700. The van der Waals surface area contributed by atoms with E-state index in [2.05, 4.69) is 10.1 Å². The Morgan fingerprint density at radius 1 is 1.58 bits per heavy atom. The first kappa shape index (κ1) is 14.9. The molecule has 0 bridgehead atoms. The maximum atomic E-state index is 11.2. The van der Waals surface area contributed by atoms with Gasteiger partial charge in [0.1, 0.15) is 0 Å². The number of nitrogens with one attached hydrogen (secondary N) is 1. The second-order valence-electron chi connectivity index (χ2n) is 3.91. The predicted octanol–water partition coefficient (Wildman–Crippen LogP) is 1.24. The molecular formula is C12H16N2O5. The second kappa shape index (κ2) is 6.69. The fourth-order valence-corrected chi connectivity index (χ4v) is 1.51. The third kappa shape index (κ3) is 4.22. The average molecular weight is 268 g/mol. The normalized spacial score (nSPS) is 11.7. The summed E-state index contributed by atoms with van der Waals surface area (Å²) in [7, 11) is 0. The lowest BCUT2D eigenvalue weighted by molar-refractivity contribution is -0.385. The molecule has 1 aromatic carbocycles. The summed E-state index contributed by atoms with van der Waals surface area (Å²) in [6.45, 7) is 3.45. The molecule has 0 aromatic heterocycles. The largest absolute Gasteiger partial charge is 0.464 e. The van der Waals surface area contributed by atoms with Crippen molar-refractivity contribution in [1.82, 2.24) is 0 Å². The molecule has 0 aliphatic heterocycles. The van der Waals surface area contributed by atoms with Gasteiger partial charge in [-0.15, -0.1) is 0 Å². The molecule has 7 nitrogen and oxygen atoms in total. The van der Waals surface area contributed by atoms with E-state index in [0.717, 1.165) is 0 Å². The summed E-state index contributed by atoms with van der Waals surface area (Å²) in [5, 5.41) is 22.9. The molecule has 0 spiro atoms. The monoisotopic (exact) mass is 268 g/mol. The quantitative estimate of drug-likeness (QED) is 0.457. The topological polar surface area (TPSA) is 102 Å². The number of nitro benzene ring substituents is 1. The van der Waals surface area contributed by atoms with Crippen molar-refractivity contribution in [3.8, 4) is 0 Å². The van der Waals surface area contributed by atoms with Gasteiger partial charge in [0.05, 0.1) is 18.1 Å². The standard InChI is InChI=1S/C12H16N2O5/c1-3-19-12(16)11(15)7-13-9-4-5-10(14(17)18)8(2)6-9/h4-6,11,13,15H,3,7H2,1-2H3. The Balaban J connectivity index is 2.61. The molecule has 1 atom stereocenters. The van der Waals surface area contributed by atoms with Crippen LogP contribution in [0.25, 0.3) is 0 Å². The Morgan fingerprint density at radius 2 is 2.26 bits per heavy atom. The van der Waals surface area contributed by atoms with Gasteiger partial charge in [0, 0.05) is 17.3 Å². The lowest BCUT2D eigenvalue weighted by Gasteiger charge is -2.12. The Morgan fingerprint density at radius 3 is 2.79 bits per heavy atom. The Kier molecular flexibility index (Phi) is 5.25. The molecule has 104 valence electrons. The molecule has 0 aliphatic carbocycles. The van der Waals surface area contributed by atoms with Gasteiger partial charge in [-0.3, -0.25) is 10.1 Å². The molecule has 1 unspecified atom stereocenters. The third-order valence-electron chi connectivity index (χ3n) is 2.45. The number of nitrogens with zero attached hydrogens (tertiary/aromatic N) is 1. The number of carbonyl (C=O) groups is 1. The molecule has 2 N–H and O–H groups in total. The van der Waals surface area contributed by atoms with E-state index in [-0.39, 0.29) is 18.8 Å². The Labute approximate surface area is 110 Å². The van der Waals surface area contributed by atoms with E-state index in [0.29, 0.717) is 11.3 Å². The van der Waals surface area contributed by atoms with Crippen LogP contribution in [-0.2, 0) is 9.53 Å². The number of benzene rings is 1. The number of aliphatic hydroxyl groups is 1. The fraction of sp³-hybridized carbons (Fsp3) is 0.417. The molecule has 1 rings (SSSR count). The molecule has 0 aliphatic rings. The van der Waals surface area contributed by atoms with Gasteiger partial charge in [0.2, 0.25) is 0 Å². The number of nitro groups is 1. The predicted molar refractivity (Wildman–Crippen MR) is 69.0 cm³/mol. The highest BCUT2D eigenvalue weighted by molar-refractivity contribution is 5.75. The minimum atomic E-state index is -1.27. The molecular weight excluding hydrogens is 252 g/mol. The number of carbonyl (C=O) groups excluding carboxylic acids is 1. The zero-order chi connectivity index (χ0) is 14.4. The molecule has 19 heavy (non-hydrogen) atoms. The molecule has 7 heteroatoms. The third-order valence-corrected chi connectivity index (χ3v) is 2.45. The maximum Gasteiger partial charge on any atom is 0.336 e. The van der Waals surface area contributed by atoms with Crippen molar-refractivity contribution in [2.24, 2.45) is 0 Å². The van der Waals surface area contributed by atoms with Gasteiger partial charge in [-0.05, 0) is 26.0 Å².